The van der Waals surface area contributed by atoms with Crippen molar-refractivity contribution in [1.29, 1.82) is 0 Å². The van der Waals surface area contributed by atoms with Crippen molar-refractivity contribution in [2.45, 2.75) is 32.4 Å². The van der Waals surface area contributed by atoms with E-state index in [9.17, 15) is 0 Å². The SMILES string of the molecule is CCC(N)Cc1cc(Cl)cc(Cl)c1OCc1ncccn1. The second-order valence-electron chi connectivity index (χ2n) is 4.70. The van der Waals surface area contributed by atoms with E-state index in [1.165, 1.54) is 0 Å². The zero-order valence-electron chi connectivity index (χ0n) is 11.7. The summed E-state index contributed by atoms with van der Waals surface area (Å²) in [5, 5.41) is 1.04. The second kappa shape index (κ2) is 7.59. The van der Waals surface area contributed by atoms with Crippen LogP contribution < -0.4 is 10.5 Å². The van der Waals surface area contributed by atoms with E-state index in [1.807, 2.05) is 13.0 Å². The maximum absolute atomic E-state index is 6.24. The molecule has 0 bridgehead atoms. The molecule has 0 amide bonds. The molecule has 21 heavy (non-hydrogen) atoms. The topological polar surface area (TPSA) is 61.0 Å². The largest absolute Gasteiger partial charge is 0.484 e. The van der Waals surface area contributed by atoms with Gasteiger partial charge in [-0.3, -0.25) is 0 Å². The Labute approximate surface area is 134 Å². The predicted molar refractivity (Wildman–Crippen MR) is 84.8 cm³/mol. The maximum atomic E-state index is 6.24. The maximum Gasteiger partial charge on any atom is 0.166 e. The summed E-state index contributed by atoms with van der Waals surface area (Å²) in [4.78, 5) is 8.24. The van der Waals surface area contributed by atoms with Crippen molar-refractivity contribution in [3.8, 4) is 5.75 Å². The molecular formula is C15H17Cl2N3O. The van der Waals surface area contributed by atoms with Crippen molar-refractivity contribution in [1.82, 2.24) is 9.97 Å². The Morgan fingerprint density at radius 1 is 1.24 bits per heavy atom. The number of hydrogen-bond acceptors (Lipinski definition) is 4. The lowest BCUT2D eigenvalue weighted by molar-refractivity contribution is 0.292. The molecule has 0 saturated carbocycles. The van der Waals surface area contributed by atoms with Crippen molar-refractivity contribution in [3.05, 3.63) is 52.0 Å². The van der Waals surface area contributed by atoms with Crippen LogP contribution in [0.2, 0.25) is 10.0 Å². The molecule has 1 atom stereocenters. The first kappa shape index (κ1) is 16.0. The third-order valence-corrected chi connectivity index (χ3v) is 3.56. The minimum absolute atomic E-state index is 0.0369. The van der Waals surface area contributed by atoms with Crippen molar-refractivity contribution in [2.75, 3.05) is 0 Å². The highest BCUT2D eigenvalue weighted by atomic mass is 35.5. The molecule has 2 aromatic rings. The van der Waals surface area contributed by atoms with Gasteiger partial charge in [-0.2, -0.15) is 0 Å². The van der Waals surface area contributed by atoms with Crippen LogP contribution in [0, 0.1) is 0 Å². The van der Waals surface area contributed by atoms with E-state index in [1.54, 1.807) is 24.5 Å². The summed E-state index contributed by atoms with van der Waals surface area (Å²) >= 11 is 12.3. The van der Waals surface area contributed by atoms with Crippen LogP contribution in [-0.4, -0.2) is 16.0 Å². The molecule has 0 aliphatic rings. The predicted octanol–water partition coefficient (Wildman–Crippen LogP) is 3.64. The van der Waals surface area contributed by atoms with Gasteiger partial charge < -0.3 is 10.5 Å². The summed E-state index contributed by atoms with van der Waals surface area (Å²) < 4.78 is 5.78. The first-order valence-electron chi connectivity index (χ1n) is 6.72. The van der Waals surface area contributed by atoms with Gasteiger partial charge in [-0.15, -0.1) is 0 Å². The van der Waals surface area contributed by atoms with Crippen molar-refractivity contribution < 1.29 is 4.74 Å². The fraction of sp³-hybridized carbons (Fsp3) is 0.333. The number of benzene rings is 1. The van der Waals surface area contributed by atoms with Crippen molar-refractivity contribution in [3.63, 3.8) is 0 Å². The summed E-state index contributed by atoms with van der Waals surface area (Å²) in [5.74, 6) is 1.19. The van der Waals surface area contributed by atoms with Gasteiger partial charge in [0.25, 0.3) is 0 Å². The van der Waals surface area contributed by atoms with E-state index in [0.717, 1.165) is 12.0 Å². The molecule has 4 nitrogen and oxygen atoms in total. The Bertz CT molecular complexity index is 593. The average molecular weight is 326 g/mol. The molecule has 1 unspecified atom stereocenters. The molecule has 112 valence electrons. The number of rotatable bonds is 6. The molecule has 0 aliphatic carbocycles. The molecule has 0 spiro atoms. The van der Waals surface area contributed by atoms with E-state index < -0.39 is 0 Å². The van der Waals surface area contributed by atoms with Crippen LogP contribution in [0.3, 0.4) is 0 Å². The molecular weight excluding hydrogens is 309 g/mol. The van der Waals surface area contributed by atoms with Gasteiger partial charge in [-0.1, -0.05) is 30.1 Å². The van der Waals surface area contributed by atoms with E-state index in [-0.39, 0.29) is 12.6 Å². The third kappa shape index (κ3) is 4.56. The van der Waals surface area contributed by atoms with Gasteiger partial charge in [-0.05, 0) is 36.6 Å². The molecule has 6 heteroatoms. The highest BCUT2D eigenvalue weighted by Crippen LogP contribution is 2.33. The van der Waals surface area contributed by atoms with Crippen molar-refractivity contribution in [2.24, 2.45) is 5.73 Å². The van der Waals surface area contributed by atoms with Crippen LogP contribution in [0.15, 0.2) is 30.6 Å². The zero-order valence-corrected chi connectivity index (χ0v) is 13.2. The van der Waals surface area contributed by atoms with Crippen LogP contribution in [-0.2, 0) is 13.0 Å². The van der Waals surface area contributed by atoms with E-state index in [2.05, 4.69) is 9.97 Å². The highest BCUT2D eigenvalue weighted by Gasteiger charge is 2.14. The Balaban J connectivity index is 2.20. The lowest BCUT2D eigenvalue weighted by Gasteiger charge is -2.16. The third-order valence-electron chi connectivity index (χ3n) is 3.06. The van der Waals surface area contributed by atoms with E-state index in [0.29, 0.717) is 28.0 Å². The van der Waals surface area contributed by atoms with Gasteiger partial charge in [0.2, 0.25) is 0 Å². The highest BCUT2D eigenvalue weighted by molar-refractivity contribution is 6.35. The van der Waals surface area contributed by atoms with Crippen LogP contribution in [0.25, 0.3) is 0 Å². The number of ether oxygens (including phenoxy) is 1. The lowest BCUT2D eigenvalue weighted by Crippen LogP contribution is -2.21. The minimum atomic E-state index is 0.0369. The number of nitrogens with two attached hydrogens (primary N) is 1. The average Bonchev–Trinajstić information content (AvgIpc) is 2.47. The lowest BCUT2D eigenvalue weighted by atomic mass is 10.0. The molecule has 2 N–H and O–H groups in total. The number of hydrogen-bond donors (Lipinski definition) is 1. The quantitative estimate of drug-likeness (QED) is 0.880. The van der Waals surface area contributed by atoms with Crippen LogP contribution in [0.4, 0.5) is 0 Å². The summed E-state index contributed by atoms with van der Waals surface area (Å²) in [7, 11) is 0. The van der Waals surface area contributed by atoms with Gasteiger partial charge in [0.05, 0.1) is 5.02 Å². The molecule has 1 aromatic carbocycles. The normalized spacial score (nSPS) is 12.2. The van der Waals surface area contributed by atoms with Crippen molar-refractivity contribution >= 4 is 23.2 Å². The number of aromatic nitrogens is 2. The van der Waals surface area contributed by atoms with E-state index >= 15 is 0 Å². The summed E-state index contributed by atoms with van der Waals surface area (Å²) in [6.07, 6.45) is 4.86. The fourth-order valence-electron chi connectivity index (χ4n) is 1.89. The van der Waals surface area contributed by atoms with Gasteiger partial charge in [0, 0.05) is 23.5 Å². The first-order chi connectivity index (χ1) is 10.1. The summed E-state index contributed by atoms with van der Waals surface area (Å²) in [5.41, 5.74) is 6.92. The van der Waals surface area contributed by atoms with Gasteiger partial charge in [0.1, 0.15) is 12.4 Å². The molecule has 0 saturated heterocycles. The summed E-state index contributed by atoms with van der Waals surface area (Å²) in [6, 6.07) is 5.29. The Morgan fingerprint density at radius 3 is 2.62 bits per heavy atom. The Morgan fingerprint density at radius 2 is 1.95 bits per heavy atom. The first-order valence-corrected chi connectivity index (χ1v) is 7.48. The molecule has 1 aromatic heterocycles. The Kier molecular flexibility index (Phi) is 5.79. The molecule has 1 heterocycles. The standard InChI is InChI=1S/C15H17Cl2N3O/c1-2-12(18)7-10-6-11(16)8-13(17)15(10)21-9-14-19-4-3-5-20-14/h3-6,8,12H,2,7,9,18H2,1H3. The second-order valence-corrected chi connectivity index (χ2v) is 5.55. The minimum Gasteiger partial charge on any atom is -0.484 e. The smallest absolute Gasteiger partial charge is 0.166 e. The van der Waals surface area contributed by atoms with Gasteiger partial charge >= 0.3 is 0 Å². The van der Waals surface area contributed by atoms with Gasteiger partial charge in [-0.25, -0.2) is 9.97 Å². The summed E-state index contributed by atoms with van der Waals surface area (Å²) in [6.45, 7) is 2.28. The van der Waals surface area contributed by atoms with Crippen LogP contribution in [0.5, 0.6) is 5.75 Å². The molecule has 0 fully saturated rings. The number of nitrogens with zero attached hydrogens (tertiary/aromatic N) is 2. The van der Waals surface area contributed by atoms with Crippen LogP contribution >= 0.6 is 23.2 Å². The van der Waals surface area contributed by atoms with E-state index in [4.69, 9.17) is 33.7 Å². The zero-order chi connectivity index (χ0) is 15.2. The monoisotopic (exact) mass is 325 g/mol. The number of halogens is 2. The molecule has 0 aliphatic heterocycles. The van der Waals surface area contributed by atoms with Gasteiger partial charge in [0.15, 0.2) is 5.82 Å². The molecule has 2 rings (SSSR count). The Hall–Kier alpha value is -1.36. The molecule has 0 radical (unpaired) electrons. The fourth-order valence-corrected chi connectivity index (χ4v) is 2.49. The van der Waals surface area contributed by atoms with Crippen LogP contribution in [0.1, 0.15) is 24.7 Å².